The van der Waals surface area contributed by atoms with Gasteiger partial charge in [0.15, 0.2) is 0 Å². The minimum Gasteiger partial charge on any atom is -0.347 e. The Morgan fingerprint density at radius 2 is 2.00 bits per heavy atom. The molecule has 24 heavy (non-hydrogen) atoms. The van der Waals surface area contributed by atoms with Crippen LogP contribution in [0, 0.1) is 0 Å². The molecule has 3 aromatic rings. The third-order valence-corrected chi connectivity index (χ3v) is 5.02. The predicted molar refractivity (Wildman–Crippen MR) is 95.0 cm³/mol. The van der Waals surface area contributed by atoms with Gasteiger partial charge in [0.1, 0.15) is 5.82 Å². The van der Waals surface area contributed by atoms with Crippen LogP contribution in [0.2, 0.25) is 5.02 Å². The first-order valence-electron chi connectivity index (χ1n) is 8.15. The summed E-state index contributed by atoms with van der Waals surface area (Å²) in [4.78, 5) is 11.9. The first-order chi connectivity index (χ1) is 11.8. The summed E-state index contributed by atoms with van der Waals surface area (Å²) in [6.45, 7) is 0.898. The Bertz CT molecular complexity index is 780. The molecule has 1 fully saturated rings. The van der Waals surface area contributed by atoms with Crippen LogP contribution < -0.4 is 5.32 Å². The fourth-order valence-electron chi connectivity index (χ4n) is 3.17. The van der Waals surface area contributed by atoms with Crippen LogP contribution in [0.15, 0.2) is 61.2 Å². The second kappa shape index (κ2) is 6.38. The lowest BCUT2D eigenvalue weighted by molar-refractivity contribution is 0.515. The van der Waals surface area contributed by atoms with Gasteiger partial charge < -0.3 is 10.3 Å². The Kier molecular flexibility index (Phi) is 4.08. The number of halogens is 1. The number of rotatable bonds is 6. The van der Waals surface area contributed by atoms with Crippen LogP contribution >= 0.6 is 11.6 Å². The van der Waals surface area contributed by atoms with E-state index in [1.54, 1.807) is 12.4 Å². The van der Waals surface area contributed by atoms with Crippen molar-refractivity contribution in [3.8, 4) is 0 Å². The van der Waals surface area contributed by atoms with Crippen LogP contribution in [-0.4, -0.2) is 21.5 Å². The Morgan fingerprint density at radius 3 is 2.62 bits per heavy atom. The number of pyridine rings is 1. The van der Waals surface area contributed by atoms with E-state index in [4.69, 9.17) is 11.6 Å². The summed E-state index contributed by atoms with van der Waals surface area (Å²) in [6.07, 6.45) is 9.71. The van der Waals surface area contributed by atoms with Crippen LogP contribution in [0.25, 0.3) is 0 Å². The topological polar surface area (TPSA) is 53.6 Å². The third-order valence-electron chi connectivity index (χ3n) is 4.77. The zero-order valence-electron chi connectivity index (χ0n) is 13.2. The maximum atomic E-state index is 6.02. The van der Waals surface area contributed by atoms with E-state index in [1.807, 2.05) is 30.6 Å². The van der Waals surface area contributed by atoms with E-state index in [0.717, 1.165) is 23.0 Å². The van der Waals surface area contributed by atoms with Gasteiger partial charge in [-0.15, -0.1) is 0 Å². The average Bonchev–Trinajstić information content (AvgIpc) is 3.21. The molecule has 0 spiro atoms. The average molecular weight is 339 g/mol. The van der Waals surface area contributed by atoms with Gasteiger partial charge in [0.25, 0.3) is 0 Å². The van der Waals surface area contributed by atoms with Gasteiger partial charge in [0.2, 0.25) is 0 Å². The van der Waals surface area contributed by atoms with E-state index in [2.05, 4.69) is 38.5 Å². The Labute approximate surface area is 146 Å². The van der Waals surface area contributed by atoms with E-state index in [0.29, 0.717) is 0 Å². The normalized spacial score (nSPS) is 16.7. The molecule has 4 nitrogen and oxygen atoms in total. The van der Waals surface area contributed by atoms with Gasteiger partial charge in [-0.2, -0.15) is 0 Å². The number of H-pyrrole nitrogens is 1. The summed E-state index contributed by atoms with van der Waals surface area (Å²) in [6, 6.07) is 12.3. The molecular weight excluding hydrogens is 320 g/mol. The number of nitrogens with one attached hydrogen (secondary N) is 2. The summed E-state index contributed by atoms with van der Waals surface area (Å²) in [5, 5.41) is 4.47. The van der Waals surface area contributed by atoms with E-state index in [1.165, 1.54) is 18.4 Å². The molecule has 4 rings (SSSR count). The van der Waals surface area contributed by atoms with E-state index >= 15 is 0 Å². The Morgan fingerprint density at radius 1 is 1.17 bits per heavy atom. The van der Waals surface area contributed by atoms with Crippen molar-refractivity contribution in [2.45, 2.75) is 24.3 Å². The summed E-state index contributed by atoms with van der Waals surface area (Å²) in [5.74, 6) is 0.912. The highest BCUT2D eigenvalue weighted by atomic mass is 35.5. The van der Waals surface area contributed by atoms with Crippen molar-refractivity contribution in [3.63, 3.8) is 0 Å². The zero-order valence-corrected chi connectivity index (χ0v) is 14.0. The third kappa shape index (κ3) is 3.07. The van der Waals surface area contributed by atoms with Crippen LogP contribution in [0.3, 0.4) is 0 Å². The van der Waals surface area contributed by atoms with Crippen molar-refractivity contribution < 1.29 is 0 Å². The molecule has 1 aliphatic rings. The SMILES string of the molecule is Clc1ccc(C2(CNC(c3cccnc3)c3ncc[nH]3)CC2)cc1. The Hall–Kier alpha value is -2.17. The van der Waals surface area contributed by atoms with Crippen molar-refractivity contribution in [2.75, 3.05) is 6.54 Å². The summed E-state index contributed by atoms with van der Waals surface area (Å²) < 4.78 is 0. The lowest BCUT2D eigenvalue weighted by Crippen LogP contribution is -2.31. The number of hydrogen-bond acceptors (Lipinski definition) is 3. The minimum atomic E-state index is 0.0125. The lowest BCUT2D eigenvalue weighted by atomic mass is 9.95. The quantitative estimate of drug-likeness (QED) is 0.717. The lowest BCUT2D eigenvalue weighted by Gasteiger charge is -2.22. The highest BCUT2D eigenvalue weighted by Crippen LogP contribution is 2.48. The second-order valence-electron chi connectivity index (χ2n) is 6.36. The molecular formula is C19H19ClN4. The number of aromatic amines is 1. The molecule has 0 saturated heterocycles. The van der Waals surface area contributed by atoms with Gasteiger partial charge >= 0.3 is 0 Å². The summed E-state index contributed by atoms with van der Waals surface area (Å²) >= 11 is 6.02. The molecule has 0 bridgehead atoms. The van der Waals surface area contributed by atoms with Gasteiger partial charge in [0, 0.05) is 41.8 Å². The maximum absolute atomic E-state index is 6.02. The van der Waals surface area contributed by atoms with E-state index in [9.17, 15) is 0 Å². The molecule has 2 heterocycles. The van der Waals surface area contributed by atoms with Crippen LogP contribution in [-0.2, 0) is 5.41 Å². The van der Waals surface area contributed by atoms with Gasteiger partial charge in [-0.3, -0.25) is 4.98 Å². The second-order valence-corrected chi connectivity index (χ2v) is 6.80. The highest BCUT2D eigenvalue weighted by molar-refractivity contribution is 6.30. The monoisotopic (exact) mass is 338 g/mol. The molecule has 1 saturated carbocycles. The summed E-state index contributed by atoms with van der Waals surface area (Å²) in [5.41, 5.74) is 2.67. The fourth-order valence-corrected chi connectivity index (χ4v) is 3.30. The number of nitrogens with zero attached hydrogens (tertiary/aromatic N) is 2. The molecule has 1 aromatic carbocycles. The summed E-state index contributed by atoms with van der Waals surface area (Å²) in [7, 11) is 0. The number of benzene rings is 1. The largest absolute Gasteiger partial charge is 0.347 e. The van der Waals surface area contributed by atoms with Crippen molar-refractivity contribution in [1.29, 1.82) is 0 Å². The first-order valence-corrected chi connectivity index (χ1v) is 8.53. The van der Waals surface area contributed by atoms with Crippen molar-refractivity contribution in [3.05, 3.63) is 83.2 Å². The van der Waals surface area contributed by atoms with Crippen LogP contribution in [0.5, 0.6) is 0 Å². The molecule has 1 atom stereocenters. The van der Waals surface area contributed by atoms with Crippen molar-refractivity contribution in [2.24, 2.45) is 0 Å². The molecule has 2 N–H and O–H groups in total. The van der Waals surface area contributed by atoms with Crippen molar-refractivity contribution in [1.82, 2.24) is 20.3 Å². The maximum Gasteiger partial charge on any atom is 0.127 e. The van der Waals surface area contributed by atoms with Gasteiger partial charge in [-0.1, -0.05) is 29.8 Å². The smallest absolute Gasteiger partial charge is 0.127 e. The van der Waals surface area contributed by atoms with Crippen LogP contribution in [0.1, 0.15) is 35.8 Å². The molecule has 5 heteroatoms. The predicted octanol–water partition coefficient (Wildman–Crippen LogP) is 3.87. The first kappa shape index (κ1) is 15.4. The van der Waals surface area contributed by atoms with Crippen LogP contribution in [0.4, 0.5) is 0 Å². The Balaban J connectivity index is 1.55. The van der Waals surface area contributed by atoms with E-state index < -0.39 is 0 Å². The molecule has 2 aromatic heterocycles. The molecule has 0 aliphatic heterocycles. The van der Waals surface area contributed by atoms with Gasteiger partial charge in [-0.25, -0.2) is 4.98 Å². The van der Waals surface area contributed by atoms with Gasteiger partial charge in [-0.05, 0) is 42.2 Å². The van der Waals surface area contributed by atoms with Gasteiger partial charge in [0.05, 0.1) is 6.04 Å². The number of aromatic nitrogens is 3. The number of hydrogen-bond donors (Lipinski definition) is 2. The molecule has 1 aliphatic carbocycles. The standard InChI is InChI=1S/C19H19ClN4/c20-16-5-3-15(4-6-16)19(7-8-19)13-24-17(18-22-10-11-23-18)14-2-1-9-21-12-14/h1-6,9-12,17,24H,7-8,13H2,(H,22,23). The van der Waals surface area contributed by atoms with Crippen molar-refractivity contribution >= 4 is 11.6 Å². The zero-order chi connectivity index (χ0) is 16.4. The minimum absolute atomic E-state index is 0.0125. The molecule has 0 radical (unpaired) electrons. The number of imidazole rings is 1. The fraction of sp³-hybridized carbons (Fsp3) is 0.263. The molecule has 1 unspecified atom stereocenters. The molecule has 122 valence electrons. The van der Waals surface area contributed by atoms with E-state index in [-0.39, 0.29) is 11.5 Å². The molecule has 0 amide bonds. The highest BCUT2D eigenvalue weighted by Gasteiger charge is 2.44.